The molecule has 0 radical (unpaired) electrons. The molecule has 3 N–H and O–H groups in total. The molecule has 1 aromatic heterocycles. The van der Waals surface area contributed by atoms with E-state index in [1.54, 1.807) is 6.07 Å². The van der Waals surface area contributed by atoms with Crippen LogP contribution in [-0.4, -0.2) is 24.3 Å². The van der Waals surface area contributed by atoms with Crippen LogP contribution in [0.4, 0.5) is 0 Å². The van der Waals surface area contributed by atoms with Gasteiger partial charge in [-0.3, -0.25) is 25.2 Å². The van der Waals surface area contributed by atoms with E-state index in [2.05, 4.69) is 16.2 Å². The van der Waals surface area contributed by atoms with Gasteiger partial charge in [-0.05, 0) is 25.0 Å². The number of carbonyl (C=O) groups excluding carboxylic acids is 3. The first-order valence-corrected chi connectivity index (χ1v) is 7.12. The zero-order valence-corrected chi connectivity index (χ0v) is 12.6. The van der Waals surface area contributed by atoms with Crippen molar-refractivity contribution in [3.8, 4) is 0 Å². The van der Waals surface area contributed by atoms with Crippen LogP contribution >= 0.6 is 11.3 Å². The first kappa shape index (κ1) is 16.2. The van der Waals surface area contributed by atoms with Crippen LogP contribution < -0.4 is 16.2 Å². The summed E-state index contributed by atoms with van der Waals surface area (Å²) in [5.74, 6) is -0.808. The Morgan fingerprint density at radius 3 is 2.35 bits per heavy atom. The maximum absolute atomic E-state index is 11.7. The maximum atomic E-state index is 11.7. The summed E-state index contributed by atoms with van der Waals surface area (Å²) >= 11 is 1.36. The van der Waals surface area contributed by atoms with Crippen LogP contribution in [-0.2, 0) is 9.59 Å². The third-order valence-corrected chi connectivity index (χ3v) is 3.31. The van der Waals surface area contributed by atoms with Gasteiger partial charge in [0.15, 0.2) is 0 Å². The molecular weight excluding hydrogens is 278 g/mol. The minimum atomic E-state index is -0.469. The quantitative estimate of drug-likeness (QED) is 0.708. The fourth-order valence-corrected chi connectivity index (χ4v) is 2.19. The molecule has 1 rings (SSSR count). The standard InChI is InChI=1S/C13H19N3O3S/c1-8(2)6-11(17)15-16-12(18)7-14-13(19)10-5-4-9(3)20-10/h4-5,8H,6-7H2,1-3H3,(H,14,19)(H,15,17)(H,16,18). The van der Waals surface area contributed by atoms with Crippen molar-refractivity contribution in [2.45, 2.75) is 27.2 Å². The largest absolute Gasteiger partial charge is 0.342 e. The van der Waals surface area contributed by atoms with E-state index in [-0.39, 0.29) is 24.3 Å². The minimum absolute atomic E-state index is 0.183. The topological polar surface area (TPSA) is 87.3 Å². The van der Waals surface area contributed by atoms with Crippen LogP contribution in [0.1, 0.15) is 34.8 Å². The number of carbonyl (C=O) groups is 3. The van der Waals surface area contributed by atoms with Crippen LogP contribution in [0.3, 0.4) is 0 Å². The van der Waals surface area contributed by atoms with E-state index >= 15 is 0 Å². The summed E-state index contributed by atoms with van der Waals surface area (Å²) in [5, 5.41) is 2.48. The summed E-state index contributed by atoms with van der Waals surface area (Å²) in [6.45, 7) is 5.53. The third kappa shape index (κ3) is 5.83. The molecule has 110 valence electrons. The van der Waals surface area contributed by atoms with E-state index in [4.69, 9.17) is 0 Å². The highest BCUT2D eigenvalue weighted by Crippen LogP contribution is 2.14. The lowest BCUT2D eigenvalue weighted by molar-refractivity contribution is -0.128. The molecule has 0 atom stereocenters. The SMILES string of the molecule is Cc1ccc(C(=O)NCC(=O)NNC(=O)CC(C)C)s1. The van der Waals surface area contributed by atoms with Crippen molar-refractivity contribution in [3.05, 3.63) is 21.9 Å². The Hall–Kier alpha value is -1.89. The molecule has 0 bridgehead atoms. The second kappa shape index (κ2) is 7.64. The van der Waals surface area contributed by atoms with Gasteiger partial charge in [-0.25, -0.2) is 0 Å². The zero-order valence-electron chi connectivity index (χ0n) is 11.8. The molecule has 7 heteroatoms. The van der Waals surface area contributed by atoms with E-state index in [0.29, 0.717) is 11.3 Å². The second-order valence-corrected chi connectivity index (χ2v) is 6.08. The van der Waals surface area contributed by atoms with E-state index < -0.39 is 5.91 Å². The molecule has 0 saturated carbocycles. The van der Waals surface area contributed by atoms with E-state index in [0.717, 1.165) is 4.88 Å². The average Bonchev–Trinajstić information content (AvgIpc) is 2.79. The first-order chi connectivity index (χ1) is 9.38. The Bertz CT molecular complexity index is 497. The highest BCUT2D eigenvalue weighted by molar-refractivity contribution is 7.13. The van der Waals surface area contributed by atoms with E-state index in [1.165, 1.54) is 11.3 Å². The number of aryl methyl sites for hydroxylation is 1. The second-order valence-electron chi connectivity index (χ2n) is 4.79. The lowest BCUT2D eigenvalue weighted by Gasteiger charge is -2.09. The van der Waals surface area contributed by atoms with Gasteiger partial charge < -0.3 is 5.32 Å². The number of nitrogens with one attached hydrogen (secondary N) is 3. The van der Waals surface area contributed by atoms with Gasteiger partial charge in [0, 0.05) is 11.3 Å². The molecule has 0 fully saturated rings. The molecule has 1 aromatic rings. The van der Waals surface area contributed by atoms with Crippen LogP contribution in [0.25, 0.3) is 0 Å². The molecule has 0 aliphatic rings. The van der Waals surface area contributed by atoms with Gasteiger partial charge >= 0.3 is 0 Å². The lowest BCUT2D eigenvalue weighted by Crippen LogP contribution is -2.46. The van der Waals surface area contributed by atoms with Gasteiger partial charge in [-0.2, -0.15) is 0 Å². The monoisotopic (exact) mass is 297 g/mol. The van der Waals surface area contributed by atoms with Crippen molar-refractivity contribution in [2.75, 3.05) is 6.54 Å². The summed E-state index contributed by atoms with van der Waals surface area (Å²) < 4.78 is 0. The van der Waals surface area contributed by atoms with Gasteiger partial charge in [-0.1, -0.05) is 13.8 Å². The normalized spacial score (nSPS) is 10.2. The Morgan fingerprint density at radius 1 is 1.15 bits per heavy atom. The zero-order chi connectivity index (χ0) is 15.1. The highest BCUT2D eigenvalue weighted by atomic mass is 32.1. The van der Waals surface area contributed by atoms with Crippen molar-refractivity contribution < 1.29 is 14.4 Å². The van der Waals surface area contributed by atoms with Crippen molar-refractivity contribution >= 4 is 29.1 Å². The predicted molar refractivity (Wildman–Crippen MR) is 77.1 cm³/mol. The molecule has 0 aromatic carbocycles. The van der Waals surface area contributed by atoms with Crippen LogP contribution in [0, 0.1) is 12.8 Å². The summed E-state index contributed by atoms with van der Waals surface area (Å²) in [5.41, 5.74) is 4.54. The summed E-state index contributed by atoms with van der Waals surface area (Å²) in [6.07, 6.45) is 0.334. The Morgan fingerprint density at radius 2 is 1.80 bits per heavy atom. The minimum Gasteiger partial charge on any atom is -0.342 e. The fraction of sp³-hybridized carbons (Fsp3) is 0.462. The van der Waals surface area contributed by atoms with Gasteiger partial charge in [0.05, 0.1) is 11.4 Å². The predicted octanol–water partition coefficient (Wildman–Crippen LogP) is 0.980. The Balaban J connectivity index is 2.26. The van der Waals surface area contributed by atoms with Crippen molar-refractivity contribution in [3.63, 3.8) is 0 Å². The summed E-state index contributed by atoms with van der Waals surface area (Å²) in [7, 11) is 0. The first-order valence-electron chi connectivity index (χ1n) is 6.30. The fourth-order valence-electron chi connectivity index (χ4n) is 1.41. The van der Waals surface area contributed by atoms with Gasteiger partial charge in [0.2, 0.25) is 5.91 Å². The Kier molecular flexibility index (Phi) is 6.17. The molecule has 20 heavy (non-hydrogen) atoms. The average molecular weight is 297 g/mol. The van der Waals surface area contributed by atoms with Gasteiger partial charge in [0.25, 0.3) is 11.8 Å². The Labute approximate surface area is 121 Å². The molecule has 1 heterocycles. The van der Waals surface area contributed by atoms with Crippen molar-refractivity contribution in [1.29, 1.82) is 0 Å². The van der Waals surface area contributed by atoms with Crippen LogP contribution in [0.5, 0.6) is 0 Å². The number of hydrogen-bond acceptors (Lipinski definition) is 4. The lowest BCUT2D eigenvalue weighted by atomic mass is 10.1. The van der Waals surface area contributed by atoms with E-state index in [1.807, 2.05) is 26.8 Å². The molecule has 0 spiro atoms. The number of rotatable bonds is 5. The highest BCUT2D eigenvalue weighted by Gasteiger charge is 2.10. The summed E-state index contributed by atoms with van der Waals surface area (Å²) in [6, 6.07) is 3.55. The van der Waals surface area contributed by atoms with Crippen LogP contribution in [0.2, 0.25) is 0 Å². The van der Waals surface area contributed by atoms with Crippen molar-refractivity contribution in [1.82, 2.24) is 16.2 Å². The molecule has 3 amide bonds. The molecule has 0 aliphatic carbocycles. The molecular formula is C13H19N3O3S. The van der Waals surface area contributed by atoms with E-state index in [9.17, 15) is 14.4 Å². The van der Waals surface area contributed by atoms with Gasteiger partial charge in [-0.15, -0.1) is 11.3 Å². The molecule has 6 nitrogen and oxygen atoms in total. The number of thiophene rings is 1. The maximum Gasteiger partial charge on any atom is 0.261 e. The summed E-state index contributed by atoms with van der Waals surface area (Å²) in [4.78, 5) is 36.0. The number of hydrogen-bond donors (Lipinski definition) is 3. The van der Waals surface area contributed by atoms with Crippen LogP contribution in [0.15, 0.2) is 12.1 Å². The number of amides is 3. The van der Waals surface area contributed by atoms with Crippen molar-refractivity contribution in [2.24, 2.45) is 5.92 Å². The third-order valence-electron chi connectivity index (χ3n) is 2.31. The smallest absolute Gasteiger partial charge is 0.261 e. The van der Waals surface area contributed by atoms with Gasteiger partial charge in [0.1, 0.15) is 0 Å². The molecule has 0 unspecified atom stereocenters. The molecule has 0 saturated heterocycles. The molecule has 0 aliphatic heterocycles. The number of hydrazine groups is 1.